The fraction of sp³-hybridized carbons (Fsp3) is 0.667. The molecule has 2 saturated heterocycles. The third-order valence-electron chi connectivity index (χ3n) is 4.92. The summed E-state index contributed by atoms with van der Waals surface area (Å²) in [5.41, 5.74) is 1.14. The van der Waals surface area contributed by atoms with Gasteiger partial charge in [0, 0.05) is 32.3 Å². The molecule has 3 heterocycles. The van der Waals surface area contributed by atoms with Gasteiger partial charge in [0.2, 0.25) is 5.91 Å². The number of hydrogen-bond donors (Lipinski definition) is 2. The summed E-state index contributed by atoms with van der Waals surface area (Å²) in [6.07, 6.45) is 8.51. The van der Waals surface area contributed by atoms with Gasteiger partial charge in [0.25, 0.3) is 0 Å². The average molecular weight is 316 g/mol. The number of nitrogens with zero attached hydrogens (tertiary/aromatic N) is 2. The Morgan fingerprint density at radius 3 is 3.00 bits per heavy atom. The van der Waals surface area contributed by atoms with Crippen LogP contribution in [0.4, 0.5) is 5.82 Å². The van der Waals surface area contributed by atoms with Crippen LogP contribution in [0.25, 0.3) is 0 Å². The van der Waals surface area contributed by atoms with E-state index in [-0.39, 0.29) is 5.91 Å². The van der Waals surface area contributed by atoms with Crippen LogP contribution < -0.4 is 15.5 Å². The van der Waals surface area contributed by atoms with Gasteiger partial charge in [-0.2, -0.15) is 0 Å². The topological polar surface area (TPSA) is 57.3 Å². The van der Waals surface area contributed by atoms with Gasteiger partial charge in [0.15, 0.2) is 0 Å². The number of amides is 1. The third-order valence-corrected chi connectivity index (χ3v) is 4.92. The van der Waals surface area contributed by atoms with Gasteiger partial charge >= 0.3 is 0 Å². The van der Waals surface area contributed by atoms with Crippen LogP contribution in [-0.2, 0) is 11.3 Å². The maximum atomic E-state index is 12.0. The summed E-state index contributed by atoms with van der Waals surface area (Å²) < 4.78 is 0. The van der Waals surface area contributed by atoms with Crippen LogP contribution >= 0.6 is 0 Å². The molecule has 2 fully saturated rings. The number of hydrogen-bond acceptors (Lipinski definition) is 4. The molecule has 2 N–H and O–H groups in total. The number of anilines is 1. The van der Waals surface area contributed by atoms with E-state index in [9.17, 15) is 4.79 Å². The lowest BCUT2D eigenvalue weighted by Gasteiger charge is -2.27. The Kier molecular flexibility index (Phi) is 5.86. The third kappa shape index (κ3) is 4.93. The zero-order valence-electron chi connectivity index (χ0n) is 13.9. The van der Waals surface area contributed by atoms with Gasteiger partial charge in [-0.1, -0.05) is 0 Å². The van der Waals surface area contributed by atoms with Crippen LogP contribution in [0.1, 0.15) is 44.1 Å². The molecule has 1 aromatic heterocycles. The van der Waals surface area contributed by atoms with Crippen LogP contribution in [0.3, 0.4) is 0 Å². The Morgan fingerprint density at radius 1 is 1.35 bits per heavy atom. The van der Waals surface area contributed by atoms with Crippen molar-refractivity contribution in [1.29, 1.82) is 0 Å². The highest BCUT2D eigenvalue weighted by Gasteiger charge is 2.16. The van der Waals surface area contributed by atoms with Gasteiger partial charge in [-0.25, -0.2) is 4.98 Å². The summed E-state index contributed by atoms with van der Waals surface area (Å²) in [6, 6.07) is 4.11. The lowest BCUT2D eigenvalue weighted by molar-refractivity contribution is -0.121. The van der Waals surface area contributed by atoms with E-state index in [1.807, 2.05) is 12.3 Å². The minimum Gasteiger partial charge on any atom is -0.357 e. The number of carbonyl (C=O) groups is 1. The standard InChI is InChI=1S/C18H28N4O/c23-18(5-4-15-6-8-19-13-15)21-14-16-7-9-20-17(12-16)22-10-2-1-3-11-22/h7,9,12,15,19H,1-6,8,10-11,13-14H2,(H,21,23). The van der Waals surface area contributed by atoms with Gasteiger partial charge in [-0.05, 0) is 68.8 Å². The summed E-state index contributed by atoms with van der Waals surface area (Å²) in [5, 5.41) is 6.40. The van der Waals surface area contributed by atoms with Gasteiger partial charge in [0.05, 0.1) is 0 Å². The summed E-state index contributed by atoms with van der Waals surface area (Å²) in [4.78, 5) is 18.8. The van der Waals surface area contributed by atoms with Crippen LogP contribution in [0.2, 0.25) is 0 Å². The summed E-state index contributed by atoms with van der Waals surface area (Å²) in [5.74, 6) is 1.88. The van der Waals surface area contributed by atoms with Gasteiger partial charge in [-0.15, -0.1) is 0 Å². The maximum absolute atomic E-state index is 12.0. The van der Waals surface area contributed by atoms with Crippen LogP contribution in [0, 0.1) is 5.92 Å². The zero-order valence-corrected chi connectivity index (χ0v) is 13.9. The molecule has 1 atom stereocenters. The van der Waals surface area contributed by atoms with Gasteiger partial charge in [-0.3, -0.25) is 4.79 Å². The number of aromatic nitrogens is 1. The molecule has 0 spiro atoms. The van der Waals surface area contributed by atoms with E-state index < -0.39 is 0 Å². The van der Waals surface area contributed by atoms with Crippen molar-refractivity contribution in [3.8, 4) is 0 Å². The molecule has 23 heavy (non-hydrogen) atoms. The van der Waals surface area contributed by atoms with E-state index in [0.717, 1.165) is 44.0 Å². The Labute approximate surface area is 138 Å². The number of nitrogens with one attached hydrogen (secondary N) is 2. The molecule has 126 valence electrons. The highest BCUT2D eigenvalue weighted by atomic mass is 16.1. The SMILES string of the molecule is O=C(CCC1CCNC1)NCc1ccnc(N2CCCCC2)c1. The van der Waals surface area contributed by atoms with E-state index in [1.165, 1.54) is 25.7 Å². The molecular formula is C18H28N4O. The van der Waals surface area contributed by atoms with Crippen molar-refractivity contribution < 1.29 is 4.79 Å². The molecule has 5 nitrogen and oxygen atoms in total. The van der Waals surface area contributed by atoms with E-state index in [2.05, 4.69) is 26.6 Å². The summed E-state index contributed by atoms with van der Waals surface area (Å²) in [6.45, 7) is 4.96. The molecule has 3 rings (SSSR count). The summed E-state index contributed by atoms with van der Waals surface area (Å²) in [7, 11) is 0. The van der Waals surface area contributed by atoms with Crippen LogP contribution in [0.5, 0.6) is 0 Å². The molecule has 5 heteroatoms. The highest BCUT2D eigenvalue weighted by Crippen LogP contribution is 2.18. The van der Waals surface area contributed by atoms with Crippen molar-refractivity contribution in [2.45, 2.75) is 45.1 Å². The van der Waals surface area contributed by atoms with Gasteiger partial charge < -0.3 is 15.5 Å². The minimum atomic E-state index is 0.160. The van der Waals surface area contributed by atoms with Crippen molar-refractivity contribution in [2.75, 3.05) is 31.1 Å². The second kappa shape index (κ2) is 8.29. The smallest absolute Gasteiger partial charge is 0.220 e. The molecule has 0 saturated carbocycles. The molecule has 1 aromatic rings. The maximum Gasteiger partial charge on any atom is 0.220 e. The van der Waals surface area contributed by atoms with Crippen molar-refractivity contribution >= 4 is 11.7 Å². The van der Waals surface area contributed by atoms with E-state index >= 15 is 0 Å². The fourth-order valence-electron chi connectivity index (χ4n) is 3.45. The molecule has 1 amide bonds. The average Bonchev–Trinajstić information content (AvgIpc) is 3.13. The zero-order chi connectivity index (χ0) is 15.9. The van der Waals surface area contributed by atoms with E-state index in [4.69, 9.17) is 0 Å². The van der Waals surface area contributed by atoms with E-state index in [0.29, 0.717) is 18.9 Å². The molecule has 0 radical (unpaired) electrons. The Balaban J connectivity index is 1.44. The number of pyridine rings is 1. The monoisotopic (exact) mass is 316 g/mol. The lowest BCUT2D eigenvalue weighted by atomic mass is 10.0. The molecule has 2 aliphatic rings. The molecule has 2 aliphatic heterocycles. The quantitative estimate of drug-likeness (QED) is 0.844. The number of carbonyl (C=O) groups excluding carboxylic acids is 1. The molecule has 0 aliphatic carbocycles. The Hall–Kier alpha value is -1.62. The van der Waals surface area contributed by atoms with Gasteiger partial charge in [0.1, 0.15) is 5.82 Å². The van der Waals surface area contributed by atoms with Crippen molar-refractivity contribution in [1.82, 2.24) is 15.6 Å². The van der Waals surface area contributed by atoms with Crippen molar-refractivity contribution in [2.24, 2.45) is 5.92 Å². The first kappa shape index (κ1) is 16.2. The first-order chi connectivity index (χ1) is 11.3. The largest absolute Gasteiger partial charge is 0.357 e. The Morgan fingerprint density at radius 2 is 2.22 bits per heavy atom. The van der Waals surface area contributed by atoms with Crippen LogP contribution in [-0.4, -0.2) is 37.1 Å². The molecule has 1 unspecified atom stereocenters. The number of rotatable bonds is 6. The molecule has 0 bridgehead atoms. The second-order valence-corrected chi connectivity index (χ2v) is 6.74. The van der Waals surface area contributed by atoms with Crippen molar-refractivity contribution in [3.63, 3.8) is 0 Å². The highest BCUT2D eigenvalue weighted by molar-refractivity contribution is 5.75. The first-order valence-electron chi connectivity index (χ1n) is 8.98. The number of piperidine rings is 1. The van der Waals surface area contributed by atoms with Crippen molar-refractivity contribution in [3.05, 3.63) is 23.9 Å². The second-order valence-electron chi connectivity index (χ2n) is 6.74. The fourth-order valence-corrected chi connectivity index (χ4v) is 3.45. The normalized spacial score (nSPS) is 21.4. The predicted molar refractivity (Wildman–Crippen MR) is 92.4 cm³/mol. The van der Waals surface area contributed by atoms with Crippen LogP contribution in [0.15, 0.2) is 18.3 Å². The predicted octanol–water partition coefficient (Wildman–Crippen LogP) is 2.08. The van der Waals surface area contributed by atoms with E-state index in [1.54, 1.807) is 0 Å². The molecular weight excluding hydrogens is 288 g/mol. The Bertz CT molecular complexity index is 507. The lowest BCUT2D eigenvalue weighted by Crippen LogP contribution is -2.30. The minimum absolute atomic E-state index is 0.160. The summed E-state index contributed by atoms with van der Waals surface area (Å²) >= 11 is 0. The first-order valence-corrected chi connectivity index (χ1v) is 8.98. The molecule has 0 aromatic carbocycles.